The lowest BCUT2D eigenvalue weighted by molar-refractivity contribution is 0.259. The van der Waals surface area contributed by atoms with E-state index < -0.39 is 6.03 Å². The zero-order valence-electron chi connectivity index (χ0n) is 15.3. The zero-order valence-corrected chi connectivity index (χ0v) is 15.3. The number of anilines is 1. The standard InChI is InChI=1S/C18H28N8O/c19-9-1-3-15(23-11-2-10-20)13-4-6-14(7-5-13)26-12-8-16(24-17(26)21)25-18(22)27/h4-8,12,15,23H,1-3,9-11,19-20H2,(H4,21,22,24,25,27). The number of nitrogens with one attached hydrogen (secondary N) is 3. The molecule has 0 aliphatic heterocycles. The average Bonchev–Trinajstić information content (AvgIpc) is 2.64. The van der Waals surface area contributed by atoms with Crippen molar-refractivity contribution in [2.75, 3.05) is 25.0 Å². The van der Waals surface area contributed by atoms with Crippen LogP contribution in [0.15, 0.2) is 36.5 Å². The lowest BCUT2D eigenvalue weighted by Gasteiger charge is -2.19. The van der Waals surface area contributed by atoms with Gasteiger partial charge in [-0.05, 0) is 62.7 Å². The van der Waals surface area contributed by atoms with Crippen molar-refractivity contribution in [2.45, 2.75) is 25.3 Å². The molecule has 0 spiro atoms. The molecule has 1 aromatic carbocycles. The number of carbonyl (C=O) groups is 1. The number of urea groups is 1. The van der Waals surface area contributed by atoms with Gasteiger partial charge >= 0.3 is 6.03 Å². The third-order valence-corrected chi connectivity index (χ3v) is 4.13. The molecule has 9 heteroatoms. The maximum atomic E-state index is 10.9. The summed E-state index contributed by atoms with van der Waals surface area (Å²) in [5, 5.41) is 13.9. The van der Waals surface area contributed by atoms with Gasteiger partial charge in [-0.2, -0.15) is 4.98 Å². The molecule has 0 aliphatic rings. The Bertz CT molecular complexity index is 787. The number of hydrogen-bond donors (Lipinski definition) is 6. The Morgan fingerprint density at radius 2 is 1.85 bits per heavy atom. The first-order valence-corrected chi connectivity index (χ1v) is 8.99. The summed E-state index contributed by atoms with van der Waals surface area (Å²) >= 11 is 0. The number of nitrogens with zero attached hydrogens (tertiary/aromatic N) is 2. The van der Waals surface area contributed by atoms with E-state index in [9.17, 15) is 4.79 Å². The second kappa shape index (κ2) is 10.4. The first-order valence-electron chi connectivity index (χ1n) is 8.99. The Balaban J connectivity index is 2.16. The van der Waals surface area contributed by atoms with Crippen LogP contribution < -0.4 is 33.5 Å². The smallest absolute Gasteiger partial charge is 0.317 e. The highest BCUT2D eigenvalue weighted by Crippen LogP contribution is 2.20. The Morgan fingerprint density at radius 1 is 1.15 bits per heavy atom. The molecular formula is C18H28N8O. The lowest BCUT2D eigenvalue weighted by atomic mass is 10.0. The van der Waals surface area contributed by atoms with E-state index in [1.807, 2.05) is 24.3 Å². The first-order chi connectivity index (χ1) is 13.0. The van der Waals surface area contributed by atoms with E-state index >= 15 is 0 Å². The van der Waals surface area contributed by atoms with Gasteiger partial charge in [-0.15, -0.1) is 0 Å². The summed E-state index contributed by atoms with van der Waals surface area (Å²) in [4.78, 5) is 14.9. The minimum atomic E-state index is -0.713. The summed E-state index contributed by atoms with van der Waals surface area (Å²) in [6.45, 7) is 2.17. The molecular weight excluding hydrogens is 344 g/mol. The van der Waals surface area contributed by atoms with Gasteiger partial charge in [0.25, 0.3) is 0 Å². The van der Waals surface area contributed by atoms with Crippen LogP contribution in [0.3, 0.4) is 0 Å². The molecule has 27 heavy (non-hydrogen) atoms. The first kappa shape index (κ1) is 20.6. The molecule has 9 N–H and O–H groups in total. The van der Waals surface area contributed by atoms with E-state index in [-0.39, 0.29) is 17.5 Å². The van der Waals surface area contributed by atoms with Crippen LogP contribution in [0, 0.1) is 5.41 Å². The van der Waals surface area contributed by atoms with Gasteiger partial charge in [0.2, 0.25) is 5.62 Å². The fourth-order valence-electron chi connectivity index (χ4n) is 2.78. The van der Waals surface area contributed by atoms with Gasteiger partial charge in [-0.1, -0.05) is 12.1 Å². The van der Waals surface area contributed by atoms with E-state index in [1.165, 1.54) is 0 Å². The molecule has 2 amide bonds. The minimum Gasteiger partial charge on any atom is -0.351 e. The largest absolute Gasteiger partial charge is 0.351 e. The van der Waals surface area contributed by atoms with Crippen molar-refractivity contribution in [3.8, 4) is 5.69 Å². The highest BCUT2D eigenvalue weighted by atomic mass is 16.2. The van der Waals surface area contributed by atoms with E-state index in [1.54, 1.807) is 16.8 Å². The molecule has 0 saturated carbocycles. The minimum absolute atomic E-state index is 0.00486. The molecule has 0 bridgehead atoms. The summed E-state index contributed by atoms with van der Waals surface area (Å²) in [6.07, 6.45) is 4.48. The van der Waals surface area contributed by atoms with Crippen molar-refractivity contribution < 1.29 is 4.79 Å². The molecule has 1 heterocycles. The molecule has 9 nitrogen and oxygen atoms in total. The lowest BCUT2D eigenvalue weighted by Crippen LogP contribution is -2.26. The van der Waals surface area contributed by atoms with Crippen molar-refractivity contribution in [3.05, 3.63) is 47.7 Å². The summed E-state index contributed by atoms with van der Waals surface area (Å²) in [5.41, 5.74) is 18.3. The van der Waals surface area contributed by atoms with Crippen LogP contribution in [0.25, 0.3) is 5.69 Å². The van der Waals surface area contributed by atoms with E-state index in [0.29, 0.717) is 13.1 Å². The van der Waals surface area contributed by atoms with Crippen molar-refractivity contribution in [2.24, 2.45) is 17.2 Å². The summed E-state index contributed by atoms with van der Waals surface area (Å²) in [5.74, 6) is 0.242. The van der Waals surface area contributed by atoms with Gasteiger partial charge < -0.3 is 22.5 Å². The number of primary amides is 1. The summed E-state index contributed by atoms with van der Waals surface area (Å²) in [6, 6.07) is 9.05. The third-order valence-electron chi connectivity index (χ3n) is 4.13. The molecule has 2 aromatic rings. The SMILES string of the molecule is N=c1nc(NC(N)=O)ccn1-c1ccc(C(CCCN)NCCCN)cc1. The van der Waals surface area contributed by atoms with Crippen LogP contribution in [0.4, 0.5) is 10.6 Å². The van der Waals surface area contributed by atoms with Crippen LogP contribution in [0.1, 0.15) is 30.9 Å². The Hall–Kier alpha value is -2.75. The molecule has 1 aromatic heterocycles. The highest BCUT2D eigenvalue weighted by Gasteiger charge is 2.11. The molecule has 1 unspecified atom stereocenters. The molecule has 146 valence electrons. The fourth-order valence-corrected chi connectivity index (χ4v) is 2.78. The number of benzene rings is 1. The second-order valence-electron chi connectivity index (χ2n) is 6.17. The maximum absolute atomic E-state index is 10.9. The maximum Gasteiger partial charge on any atom is 0.317 e. The molecule has 0 saturated heterocycles. The average molecular weight is 372 g/mol. The molecule has 0 aliphatic carbocycles. The highest BCUT2D eigenvalue weighted by molar-refractivity contribution is 5.86. The predicted molar refractivity (Wildman–Crippen MR) is 105 cm³/mol. The Labute approximate surface area is 158 Å². The molecule has 2 rings (SSSR count). The Kier molecular flexibility index (Phi) is 7.93. The monoisotopic (exact) mass is 372 g/mol. The normalized spacial score (nSPS) is 11.9. The van der Waals surface area contributed by atoms with Gasteiger partial charge in [0.05, 0.1) is 0 Å². The van der Waals surface area contributed by atoms with E-state index in [2.05, 4.69) is 15.6 Å². The van der Waals surface area contributed by atoms with Gasteiger partial charge in [0, 0.05) is 17.9 Å². The molecule has 1 atom stereocenters. The number of carbonyl (C=O) groups excluding carboxylic acids is 1. The van der Waals surface area contributed by atoms with E-state index in [4.69, 9.17) is 22.6 Å². The van der Waals surface area contributed by atoms with Crippen molar-refractivity contribution in [1.82, 2.24) is 14.9 Å². The number of hydrogen-bond acceptors (Lipinski definition) is 6. The van der Waals surface area contributed by atoms with Gasteiger partial charge in [-0.25, -0.2) is 4.79 Å². The van der Waals surface area contributed by atoms with Crippen LogP contribution in [-0.2, 0) is 0 Å². The van der Waals surface area contributed by atoms with Gasteiger partial charge in [-0.3, -0.25) is 15.3 Å². The summed E-state index contributed by atoms with van der Waals surface area (Å²) < 4.78 is 1.62. The predicted octanol–water partition coefficient (Wildman–Crippen LogP) is 0.561. The molecule has 0 fully saturated rings. The quantitative estimate of drug-likeness (QED) is 0.335. The van der Waals surface area contributed by atoms with Crippen molar-refractivity contribution in [3.63, 3.8) is 0 Å². The van der Waals surface area contributed by atoms with E-state index in [0.717, 1.165) is 37.1 Å². The van der Waals surface area contributed by atoms with Crippen molar-refractivity contribution in [1.29, 1.82) is 5.41 Å². The number of nitrogens with two attached hydrogens (primary N) is 3. The molecule has 0 radical (unpaired) electrons. The van der Waals surface area contributed by atoms with Crippen LogP contribution in [0.2, 0.25) is 0 Å². The van der Waals surface area contributed by atoms with Gasteiger partial charge in [0.15, 0.2) is 0 Å². The topological polar surface area (TPSA) is 161 Å². The van der Waals surface area contributed by atoms with Crippen LogP contribution in [0.5, 0.6) is 0 Å². The number of amides is 2. The fraction of sp³-hybridized carbons (Fsp3) is 0.389. The third kappa shape index (κ3) is 6.17. The summed E-state index contributed by atoms with van der Waals surface area (Å²) in [7, 11) is 0. The second-order valence-corrected chi connectivity index (χ2v) is 6.17. The van der Waals surface area contributed by atoms with Gasteiger partial charge in [0.1, 0.15) is 5.82 Å². The number of aromatic nitrogens is 2. The zero-order chi connectivity index (χ0) is 19.6. The van der Waals surface area contributed by atoms with Crippen molar-refractivity contribution >= 4 is 11.8 Å². The number of rotatable bonds is 10. The van der Waals surface area contributed by atoms with Crippen LogP contribution in [-0.4, -0.2) is 35.2 Å². The van der Waals surface area contributed by atoms with Crippen LogP contribution >= 0.6 is 0 Å². The Morgan fingerprint density at radius 3 is 2.44 bits per heavy atom.